The minimum Gasteiger partial charge on any atom is -0.377 e. The lowest BCUT2D eigenvalue weighted by Gasteiger charge is -2.12. The number of carbonyl (C=O) groups excluding carboxylic acids is 1. The van der Waals surface area contributed by atoms with Gasteiger partial charge in [0.15, 0.2) is 0 Å². The number of amides is 1. The highest BCUT2D eigenvalue weighted by Crippen LogP contribution is 2.27. The van der Waals surface area contributed by atoms with Gasteiger partial charge in [-0.25, -0.2) is 0 Å². The molecule has 1 fully saturated rings. The van der Waals surface area contributed by atoms with Crippen LogP contribution < -0.4 is 5.32 Å². The molecule has 3 nitrogen and oxygen atoms in total. The van der Waals surface area contributed by atoms with E-state index in [-0.39, 0.29) is 5.91 Å². The van der Waals surface area contributed by atoms with Gasteiger partial charge in [-0.2, -0.15) is 0 Å². The minimum atomic E-state index is -0.125. The summed E-state index contributed by atoms with van der Waals surface area (Å²) in [4.78, 5) is 13.6. The van der Waals surface area contributed by atoms with Crippen LogP contribution >= 0.6 is 11.8 Å². The molecule has 0 bridgehead atoms. The fourth-order valence-corrected chi connectivity index (χ4v) is 3.74. The largest absolute Gasteiger partial charge is 0.377 e. The van der Waals surface area contributed by atoms with Crippen molar-refractivity contribution >= 4 is 23.4 Å². The van der Waals surface area contributed by atoms with Crippen molar-refractivity contribution in [1.29, 1.82) is 0 Å². The van der Waals surface area contributed by atoms with E-state index >= 15 is 0 Å². The van der Waals surface area contributed by atoms with Crippen LogP contribution in [-0.4, -0.2) is 24.4 Å². The van der Waals surface area contributed by atoms with E-state index in [4.69, 9.17) is 11.2 Å². The highest BCUT2D eigenvalue weighted by molar-refractivity contribution is 7.99. The third-order valence-electron chi connectivity index (χ3n) is 3.87. The average Bonchev–Trinajstić information content (AvgIpc) is 3.14. The van der Waals surface area contributed by atoms with Crippen molar-refractivity contribution in [2.24, 2.45) is 0 Å². The van der Waals surface area contributed by atoms with Crippen LogP contribution in [0.4, 0.5) is 5.69 Å². The molecule has 122 valence electrons. The molecule has 1 amide bonds. The average molecular weight is 337 g/mol. The molecule has 1 N–H and O–H groups in total. The summed E-state index contributed by atoms with van der Waals surface area (Å²) in [5.41, 5.74) is 2.12. The van der Waals surface area contributed by atoms with Gasteiger partial charge in [-0.1, -0.05) is 24.1 Å². The van der Waals surface area contributed by atoms with Crippen LogP contribution in [0.5, 0.6) is 0 Å². The second-order valence-corrected chi connectivity index (χ2v) is 6.68. The Morgan fingerprint density at radius 3 is 2.96 bits per heavy atom. The quantitative estimate of drug-likeness (QED) is 0.657. The van der Waals surface area contributed by atoms with E-state index in [0.29, 0.717) is 17.4 Å². The molecule has 0 spiro atoms. The van der Waals surface area contributed by atoms with Gasteiger partial charge in [0.2, 0.25) is 0 Å². The Labute approximate surface area is 146 Å². The fourth-order valence-electron chi connectivity index (χ4n) is 2.62. The second-order valence-electron chi connectivity index (χ2n) is 5.62. The number of terminal acetylenes is 1. The number of rotatable bonds is 5. The number of nitrogens with one attached hydrogen (secondary N) is 1. The van der Waals surface area contributed by atoms with E-state index in [0.717, 1.165) is 35.7 Å². The number of thioether (sulfide) groups is 1. The van der Waals surface area contributed by atoms with Crippen LogP contribution in [-0.2, 0) is 4.74 Å². The lowest BCUT2D eigenvalue weighted by atomic mass is 10.2. The van der Waals surface area contributed by atoms with Crippen molar-refractivity contribution in [1.82, 2.24) is 0 Å². The summed E-state index contributed by atoms with van der Waals surface area (Å²) in [6.45, 7) is 0.846. The van der Waals surface area contributed by atoms with Crippen LogP contribution in [0.15, 0.2) is 53.4 Å². The maximum atomic E-state index is 12.6. The zero-order valence-electron chi connectivity index (χ0n) is 13.3. The van der Waals surface area contributed by atoms with Crippen molar-refractivity contribution < 1.29 is 9.53 Å². The van der Waals surface area contributed by atoms with Crippen LogP contribution in [0.2, 0.25) is 0 Å². The van der Waals surface area contributed by atoms with Gasteiger partial charge in [0.1, 0.15) is 0 Å². The van der Waals surface area contributed by atoms with Crippen molar-refractivity contribution in [2.45, 2.75) is 23.8 Å². The summed E-state index contributed by atoms with van der Waals surface area (Å²) in [5.74, 6) is 3.32. The monoisotopic (exact) mass is 337 g/mol. The lowest BCUT2D eigenvalue weighted by molar-refractivity contribution is 0.102. The smallest absolute Gasteiger partial charge is 0.256 e. The van der Waals surface area contributed by atoms with E-state index in [1.807, 2.05) is 42.5 Å². The Kier molecular flexibility index (Phi) is 5.58. The molecule has 1 aliphatic heterocycles. The van der Waals surface area contributed by atoms with Gasteiger partial charge < -0.3 is 10.1 Å². The molecule has 1 atom stereocenters. The van der Waals surface area contributed by atoms with Gasteiger partial charge in [0.05, 0.1) is 11.7 Å². The zero-order valence-corrected chi connectivity index (χ0v) is 14.1. The Hall–Kier alpha value is -2.22. The van der Waals surface area contributed by atoms with E-state index in [9.17, 15) is 4.79 Å². The van der Waals surface area contributed by atoms with Crippen molar-refractivity contribution in [2.75, 3.05) is 17.7 Å². The number of carbonyl (C=O) groups is 1. The minimum absolute atomic E-state index is 0.125. The van der Waals surface area contributed by atoms with E-state index in [1.165, 1.54) is 0 Å². The molecule has 1 saturated heterocycles. The van der Waals surface area contributed by atoms with Crippen LogP contribution in [0.3, 0.4) is 0 Å². The topological polar surface area (TPSA) is 38.3 Å². The van der Waals surface area contributed by atoms with Gasteiger partial charge in [0.25, 0.3) is 5.91 Å². The molecule has 0 saturated carbocycles. The first-order chi connectivity index (χ1) is 11.8. The first-order valence-electron chi connectivity index (χ1n) is 7.98. The van der Waals surface area contributed by atoms with Gasteiger partial charge in [-0.3, -0.25) is 4.79 Å². The third kappa shape index (κ3) is 4.19. The molecule has 3 rings (SSSR count). The Balaban J connectivity index is 1.70. The van der Waals surface area contributed by atoms with Gasteiger partial charge >= 0.3 is 0 Å². The summed E-state index contributed by atoms with van der Waals surface area (Å²) < 4.78 is 5.66. The van der Waals surface area contributed by atoms with Crippen molar-refractivity contribution in [3.05, 3.63) is 59.7 Å². The molecule has 2 aromatic rings. The summed E-state index contributed by atoms with van der Waals surface area (Å²) in [6, 6.07) is 15.0. The fraction of sp³-hybridized carbons (Fsp3) is 0.250. The normalized spacial score (nSPS) is 16.5. The van der Waals surface area contributed by atoms with Gasteiger partial charge in [-0.15, -0.1) is 18.2 Å². The van der Waals surface area contributed by atoms with Crippen molar-refractivity contribution in [3.63, 3.8) is 0 Å². The Bertz CT molecular complexity index is 760. The maximum absolute atomic E-state index is 12.6. The Morgan fingerprint density at radius 2 is 2.17 bits per heavy atom. The summed E-state index contributed by atoms with van der Waals surface area (Å²) in [5, 5.41) is 2.92. The molecular formula is C20H19NO2S. The first-order valence-corrected chi connectivity index (χ1v) is 8.96. The SMILES string of the molecule is C#Cc1cccc(NC(=O)c2ccccc2SCC2CCCO2)c1. The second kappa shape index (κ2) is 8.05. The van der Waals surface area contributed by atoms with Gasteiger partial charge in [-0.05, 0) is 43.2 Å². The standard InChI is InChI=1S/C20H19NO2S/c1-2-15-7-5-8-16(13-15)21-20(22)18-10-3-4-11-19(18)24-14-17-9-6-12-23-17/h1,3-5,7-8,10-11,13,17H,6,9,12,14H2,(H,21,22). The van der Waals surface area contributed by atoms with Crippen LogP contribution in [0.1, 0.15) is 28.8 Å². The molecule has 1 unspecified atom stereocenters. The highest BCUT2D eigenvalue weighted by Gasteiger charge is 2.18. The number of benzene rings is 2. The molecule has 24 heavy (non-hydrogen) atoms. The molecule has 2 aromatic carbocycles. The predicted molar refractivity (Wildman–Crippen MR) is 98.5 cm³/mol. The molecular weight excluding hydrogens is 318 g/mol. The molecule has 0 aromatic heterocycles. The van der Waals surface area contributed by atoms with Crippen molar-refractivity contribution in [3.8, 4) is 12.3 Å². The number of ether oxygens (including phenoxy) is 1. The molecule has 0 aliphatic carbocycles. The molecule has 4 heteroatoms. The summed E-state index contributed by atoms with van der Waals surface area (Å²) >= 11 is 1.67. The number of anilines is 1. The van der Waals surface area contributed by atoms with Crippen LogP contribution in [0.25, 0.3) is 0 Å². The Morgan fingerprint density at radius 1 is 1.29 bits per heavy atom. The first kappa shape index (κ1) is 16.6. The lowest BCUT2D eigenvalue weighted by Crippen LogP contribution is -2.14. The highest BCUT2D eigenvalue weighted by atomic mass is 32.2. The predicted octanol–water partition coefficient (Wildman–Crippen LogP) is 4.19. The number of hydrogen-bond donors (Lipinski definition) is 1. The van der Waals surface area contributed by atoms with Gasteiger partial charge in [0, 0.05) is 28.5 Å². The summed E-state index contributed by atoms with van der Waals surface area (Å²) in [7, 11) is 0. The van der Waals surface area contributed by atoms with E-state index in [2.05, 4.69) is 11.2 Å². The number of hydrogen-bond acceptors (Lipinski definition) is 3. The van der Waals surface area contributed by atoms with Crippen LogP contribution in [0, 0.1) is 12.3 Å². The third-order valence-corrected chi connectivity index (χ3v) is 5.07. The molecule has 1 heterocycles. The zero-order chi connectivity index (χ0) is 16.8. The molecule has 0 radical (unpaired) electrons. The van der Waals surface area contributed by atoms with E-state index < -0.39 is 0 Å². The maximum Gasteiger partial charge on any atom is 0.256 e. The van der Waals surface area contributed by atoms with E-state index in [1.54, 1.807) is 17.8 Å². The molecule has 1 aliphatic rings. The summed E-state index contributed by atoms with van der Waals surface area (Å²) in [6.07, 6.45) is 7.92.